The van der Waals surface area contributed by atoms with Gasteiger partial charge in [0, 0.05) is 22.2 Å². The normalized spacial score (nSPS) is 12.6. The zero-order valence-electron chi connectivity index (χ0n) is 16.8. The number of carbonyl (C=O) groups excluding carboxylic acids is 1. The lowest BCUT2D eigenvalue weighted by Crippen LogP contribution is -2.20. The van der Waals surface area contributed by atoms with Crippen molar-refractivity contribution in [2.75, 3.05) is 30.9 Å². The Morgan fingerprint density at radius 1 is 1.25 bits per heavy atom. The van der Waals surface area contributed by atoms with Crippen LogP contribution in [0.4, 0.5) is 21.6 Å². The number of ether oxygens (including phenoxy) is 2. The zero-order valence-corrected chi connectivity index (χ0v) is 17.6. The Hall–Kier alpha value is -3.85. The topological polar surface area (TPSA) is 101 Å². The molecule has 0 saturated heterocycles. The summed E-state index contributed by atoms with van der Waals surface area (Å²) >= 11 is 6.09. The second-order valence-corrected chi connectivity index (χ2v) is 7.49. The number of aromatic nitrogens is 3. The molecule has 1 aliphatic heterocycles. The number of H-pyrrole nitrogens is 1. The minimum atomic E-state index is -0.499. The molecule has 4 aromatic rings. The van der Waals surface area contributed by atoms with Crippen LogP contribution in [0.25, 0.3) is 22.3 Å². The number of benzene rings is 1. The molecule has 0 atom stereocenters. The van der Waals surface area contributed by atoms with E-state index < -0.39 is 11.8 Å². The maximum absolute atomic E-state index is 14.5. The molecule has 162 valence electrons. The largest absolute Gasteiger partial charge is 0.486 e. The number of anilines is 3. The summed E-state index contributed by atoms with van der Waals surface area (Å²) in [7, 11) is 1.31. The average molecular weight is 454 g/mol. The Bertz CT molecular complexity index is 1360. The highest BCUT2D eigenvalue weighted by Gasteiger charge is 2.21. The van der Waals surface area contributed by atoms with Crippen LogP contribution in [0.2, 0.25) is 5.02 Å². The molecule has 0 saturated carbocycles. The molecule has 0 radical (unpaired) electrons. The number of methoxy groups -OCH3 is 1. The molecular weight excluding hydrogens is 437 g/mol. The van der Waals surface area contributed by atoms with E-state index >= 15 is 0 Å². The van der Waals surface area contributed by atoms with Crippen LogP contribution in [0.15, 0.2) is 42.6 Å². The second-order valence-electron chi connectivity index (χ2n) is 7.05. The number of nitrogens with one attached hydrogen (secondary N) is 3. The van der Waals surface area contributed by atoms with E-state index in [1.165, 1.54) is 25.3 Å². The first-order valence-corrected chi connectivity index (χ1v) is 10.1. The van der Waals surface area contributed by atoms with Crippen LogP contribution in [0.3, 0.4) is 0 Å². The predicted molar refractivity (Wildman–Crippen MR) is 119 cm³/mol. The van der Waals surface area contributed by atoms with E-state index in [2.05, 4.69) is 25.6 Å². The van der Waals surface area contributed by atoms with Gasteiger partial charge in [-0.25, -0.2) is 19.2 Å². The average Bonchev–Trinajstić information content (AvgIpc) is 3.25. The van der Waals surface area contributed by atoms with E-state index in [1.807, 2.05) is 0 Å². The lowest BCUT2D eigenvalue weighted by molar-refractivity contribution is 0.0595. The number of esters is 1. The highest BCUT2D eigenvalue weighted by atomic mass is 35.5. The summed E-state index contributed by atoms with van der Waals surface area (Å²) in [6, 6.07) is 9.42. The molecule has 3 aromatic heterocycles. The molecule has 0 bridgehead atoms. The van der Waals surface area contributed by atoms with Crippen molar-refractivity contribution in [2.24, 2.45) is 0 Å². The van der Waals surface area contributed by atoms with Crippen molar-refractivity contribution in [1.82, 2.24) is 15.0 Å². The van der Waals surface area contributed by atoms with E-state index in [0.29, 0.717) is 57.8 Å². The fraction of sp³-hybridized carbons (Fsp3) is 0.136. The number of pyridine rings is 2. The van der Waals surface area contributed by atoms with E-state index in [9.17, 15) is 9.18 Å². The minimum absolute atomic E-state index is 0.269. The number of rotatable bonds is 4. The van der Waals surface area contributed by atoms with Crippen molar-refractivity contribution < 1.29 is 18.7 Å². The summed E-state index contributed by atoms with van der Waals surface area (Å²) in [5, 5.41) is 7.58. The Kier molecular flexibility index (Phi) is 5.02. The summed E-state index contributed by atoms with van der Waals surface area (Å²) in [5.74, 6) is 0.0621. The molecule has 3 N–H and O–H groups in total. The number of halogens is 2. The number of carbonyl (C=O) groups is 1. The number of nitrogens with zero attached hydrogens (tertiary/aromatic N) is 2. The smallest absolute Gasteiger partial charge is 0.354 e. The van der Waals surface area contributed by atoms with Gasteiger partial charge in [0.2, 0.25) is 0 Å². The van der Waals surface area contributed by atoms with Crippen molar-refractivity contribution >= 4 is 45.8 Å². The standard InChI is InChI=1S/C22H17ClFN5O3/c1-31-22(30)18-9-13-15(4-5-25-20(13)29-18)27-17-10-16(12-8-11(23)2-3-14(12)24)28-21-19(17)32-7-6-26-21/h2-5,8-10H,6-7H2,1H3,(H3,25,26,27,28,29). The van der Waals surface area contributed by atoms with Gasteiger partial charge in [0.05, 0.1) is 30.7 Å². The van der Waals surface area contributed by atoms with Crippen LogP contribution < -0.4 is 15.4 Å². The molecule has 1 aliphatic rings. The Morgan fingerprint density at radius 2 is 2.12 bits per heavy atom. The van der Waals surface area contributed by atoms with Crippen molar-refractivity contribution in [3.63, 3.8) is 0 Å². The molecule has 1 aromatic carbocycles. The van der Waals surface area contributed by atoms with Gasteiger partial charge in [0.25, 0.3) is 0 Å². The Balaban J connectivity index is 1.63. The molecule has 0 unspecified atom stereocenters. The highest BCUT2D eigenvalue weighted by Crippen LogP contribution is 2.40. The van der Waals surface area contributed by atoms with Crippen molar-refractivity contribution in [1.29, 1.82) is 0 Å². The quantitative estimate of drug-likeness (QED) is 0.383. The lowest BCUT2D eigenvalue weighted by atomic mass is 10.1. The third-order valence-electron chi connectivity index (χ3n) is 5.02. The van der Waals surface area contributed by atoms with Crippen LogP contribution in [0.1, 0.15) is 10.5 Å². The first-order valence-electron chi connectivity index (χ1n) is 9.73. The Morgan fingerprint density at radius 3 is 2.97 bits per heavy atom. The van der Waals surface area contributed by atoms with Crippen LogP contribution in [0.5, 0.6) is 5.75 Å². The molecular formula is C22H17ClFN5O3. The number of fused-ring (bicyclic) bond motifs is 2. The second kappa shape index (κ2) is 8.01. The monoisotopic (exact) mass is 453 g/mol. The predicted octanol–water partition coefficient (Wildman–Crippen LogP) is 4.75. The van der Waals surface area contributed by atoms with Gasteiger partial charge in [-0.15, -0.1) is 0 Å². The number of hydrogen-bond acceptors (Lipinski definition) is 7. The third-order valence-corrected chi connectivity index (χ3v) is 5.26. The first-order chi connectivity index (χ1) is 15.5. The van der Waals surface area contributed by atoms with Crippen LogP contribution in [0, 0.1) is 5.82 Å². The van der Waals surface area contributed by atoms with E-state index in [0.717, 1.165) is 0 Å². The first kappa shape index (κ1) is 20.1. The summed E-state index contributed by atoms with van der Waals surface area (Å²) in [5.41, 5.74) is 2.69. The van der Waals surface area contributed by atoms with Gasteiger partial charge in [0.1, 0.15) is 23.8 Å². The van der Waals surface area contributed by atoms with Crippen LogP contribution in [-0.2, 0) is 4.74 Å². The molecule has 8 nitrogen and oxygen atoms in total. The van der Waals surface area contributed by atoms with E-state index in [4.69, 9.17) is 21.1 Å². The van der Waals surface area contributed by atoms with Gasteiger partial charge in [-0.05, 0) is 36.4 Å². The van der Waals surface area contributed by atoms with Gasteiger partial charge in [-0.2, -0.15) is 0 Å². The molecule has 0 fully saturated rings. The maximum atomic E-state index is 14.5. The fourth-order valence-corrected chi connectivity index (χ4v) is 3.72. The third kappa shape index (κ3) is 3.56. The number of aromatic amines is 1. The van der Waals surface area contributed by atoms with Crippen molar-refractivity contribution in [3.8, 4) is 17.0 Å². The van der Waals surface area contributed by atoms with Crippen molar-refractivity contribution in [2.45, 2.75) is 0 Å². The van der Waals surface area contributed by atoms with Crippen LogP contribution >= 0.6 is 11.6 Å². The summed E-state index contributed by atoms with van der Waals surface area (Å²) in [6.07, 6.45) is 1.60. The lowest BCUT2D eigenvalue weighted by Gasteiger charge is -2.23. The van der Waals surface area contributed by atoms with Crippen molar-refractivity contribution in [3.05, 3.63) is 59.1 Å². The molecule has 0 aliphatic carbocycles. The van der Waals surface area contributed by atoms with Gasteiger partial charge in [-0.1, -0.05) is 11.6 Å². The maximum Gasteiger partial charge on any atom is 0.354 e. The summed E-state index contributed by atoms with van der Waals surface area (Å²) in [4.78, 5) is 23.7. The molecule has 0 amide bonds. The zero-order chi connectivity index (χ0) is 22.2. The van der Waals surface area contributed by atoms with Gasteiger partial charge in [-0.3, -0.25) is 0 Å². The van der Waals surface area contributed by atoms with E-state index in [1.54, 1.807) is 24.4 Å². The van der Waals surface area contributed by atoms with Gasteiger partial charge < -0.3 is 25.1 Å². The molecule has 5 rings (SSSR count). The van der Waals surface area contributed by atoms with Gasteiger partial charge in [0.15, 0.2) is 11.6 Å². The molecule has 10 heteroatoms. The molecule has 32 heavy (non-hydrogen) atoms. The highest BCUT2D eigenvalue weighted by molar-refractivity contribution is 6.30. The molecule has 4 heterocycles. The minimum Gasteiger partial charge on any atom is -0.486 e. The SMILES string of the molecule is COC(=O)c1cc2c(Nc3cc(-c4cc(Cl)ccc4F)nc4c3OCCN4)ccnc2[nH]1. The number of hydrogen-bond donors (Lipinski definition) is 3. The molecule has 0 spiro atoms. The van der Waals surface area contributed by atoms with Crippen LogP contribution in [-0.4, -0.2) is 41.2 Å². The van der Waals surface area contributed by atoms with E-state index in [-0.39, 0.29) is 11.3 Å². The summed E-state index contributed by atoms with van der Waals surface area (Å²) < 4.78 is 25.2. The van der Waals surface area contributed by atoms with Gasteiger partial charge >= 0.3 is 5.97 Å². The summed E-state index contributed by atoms with van der Waals surface area (Å²) in [6.45, 7) is 1.03. The fourth-order valence-electron chi connectivity index (χ4n) is 3.55. The Labute approximate surface area is 186 Å².